The summed E-state index contributed by atoms with van der Waals surface area (Å²) >= 11 is 0. The Morgan fingerprint density at radius 2 is 1.41 bits per heavy atom. The number of hydrogen-bond acceptors (Lipinski definition) is 8. The molecular formula is C28H43NO8. The summed E-state index contributed by atoms with van der Waals surface area (Å²) in [5.41, 5.74) is 6.52. The molecule has 0 aliphatic carbocycles. The second kappa shape index (κ2) is 15.3. The highest BCUT2D eigenvalue weighted by Gasteiger charge is 2.33. The second-order valence-electron chi connectivity index (χ2n) is 9.93. The molecule has 6 atom stereocenters. The molecule has 9 nitrogen and oxygen atoms in total. The highest BCUT2D eigenvalue weighted by molar-refractivity contribution is 5.79. The van der Waals surface area contributed by atoms with E-state index >= 15 is 0 Å². The number of carboxylic acid groups (broad SMARTS) is 1. The fourth-order valence-electron chi connectivity index (χ4n) is 3.51. The predicted molar refractivity (Wildman–Crippen MR) is 139 cm³/mol. The monoisotopic (exact) mass is 521 g/mol. The number of benzene rings is 1. The molecule has 1 aromatic carbocycles. The maximum atomic E-state index is 12.6. The van der Waals surface area contributed by atoms with Gasteiger partial charge in [0, 0.05) is 12.3 Å². The van der Waals surface area contributed by atoms with Gasteiger partial charge < -0.3 is 25.1 Å². The molecule has 0 fully saturated rings. The third-order valence-electron chi connectivity index (χ3n) is 6.81. The van der Waals surface area contributed by atoms with E-state index in [4.69, 9.17) is 19.9 Å². The Bertz CT molecular complexity index is 931. The lowest BCUT2D eigenvalue weighted by Gasteiger charge is -2.28. The molecule has 37 heavy (non-hydrogen) atoms. The summed E-state index contributed by atoms with van der Waals surface area (Å²) in [6.45, 7) is 12.8. The van der Waals surface area contributed by atoms with Crippen molar-refractivity contribution in [2.45, 2.75) is 86.1 Å². The van der Waals surface area contributed by atoms with Gasteiger partial charge in [0.15, 0.2) is 11.5 Å². The summed E-state index contributed by atoms with van der Waals surface area (Å²) in [6.07, 6.45) is 2.22. The van der Waals surface area contributed by atoms with Gasteiger partial charge in [0.25, 0.3) is 0 Å². The molecule has 0 aromatic heterocycles. The first-order valence-electron chi connectivity index (χ1n) is 13.1. The third kappa shape index (κ3) is 9.80. The Kier molecular flexibility index (Phi) is 13.3. The fraction of sp³-hybridized carbons (Fsp3) is 0.643. The second-order valence-corrected chi connectivity index (χ2v) is 9.93. The zero-order valence-electron chi connectivity index (χ0n) is 23.1. The Morgan fingerprint density at radius 3 is 1.89 bits per heavy atom. The normalized spacial score (nSPS) is 16.0. The fourth-order valence-corrected chi connectivity index (χ4v) is 3.51. The molecule has 5 unspecified atom stereocenters. The van der Waals surface area contributed by atoms with Crippen LogP contribution in [-0.4, -0.2) is 41.6 Å². The number of carboxylic acids is 1. The van der Waals surface area contributed by atoms with Crippen LogP contribution in [0.15, 0.2) is 18.2 Å². The molecule has 0 saturated carbocycles. The number of rotatable bonds is 15. The highest BCUT2D eigenvalue weighted by Crippen LogP contribution is 2.36. The third-order valence-corrected chi connectivity index (χ3v) is 6.81. The lowest BCUT2D eigenvalue weighted by atomic mass is 9.82. The van der Waals surface area contributed by atoms with Gasteiger partial charge in [-0.2, -0.15) is 0 Å². The van der Waals surface area contributed by atoms with Crippen LogP contribution in [0.2, 0.25) is 0 Å². The van der Waals surface area contributed by atoms with Crippen LogP contribution >= 0.6 is 0 Å². The van der Waals surface area contributed by atoms with E-state index in [0.717, 1.165) is 6.42 Å². The summed E-state index contributed by atoms with van der Waals surface area (Å²) in [7, 11) is 0. The molecule has 0 bridgehead atoms. The Morgan fingerprint density at radius 1 is 0.865 bits per heavy atom. The van der Waals surface area contributed by atoms with Crippen molar-refractivity contribution in [3.05, 3.63) is 23.8 Å². The highest BCUT2D eigenvalue weighted by atomic mass is 16.6. The average molecular weight is 522 g/mol. The first-order valence-corrected chi connectivity index (χ1v) is 13.1. The lowest BCUT2D eigenvalue weighted by molar-refractivity contribution is -0.146. The number of carbonyl (C=O) groups excluding carboxylic acids is 3. The number of hydrogen-bond donors (Lipinski definition) is 2. The summed E-state index contributed by atoms with van der Waals surface area (Å²) in [5, 5.41) is 9.68. The average Bonchev–Trinajstić information content (AvgIpc) is 2.87. The van der Waals surface area contributed by atoms with Crippen LogP contribution < -0.4 is 15.2 Å². The minimum Gasteiger partial charge on any atom is -0.480 e. The van der Waals surface area contributed by atoms with Crippen LogP contribution in [0.5, 0.6) is 11.5 Å². The smallest absolute Gasteiger partial charge is 0.321 e. The van der Waals surface area contributed by atoms with Crippen LogP contribution in [0.3, 0.4) is 0 Å². The van der Waals surface area contributed by atoms with Crippen LogP contribution in [-0.2, 0) is 23.9 Å². The molecule has 208 valence electrons. The number of ether oxygens (including phenoxy) is 3. The molecule has 0 saturated heterocycles. The minimum atomic E-state index is -1.32. The molecule has 9 heteroatoms. The van der Waals surface area contributed by atoms with Crippen LogP contribution in [0.25, 0.3) is 0 Å². The van der Waals surface area contributed by atoms with Crippen molar-refractivity contribution in [1.29, 1.82) is 0 Å². The standard InChI is InChI=1S/C28H43NO8/c1-8-16(4)13-23(30)35-15-19(7)24(25(29)26(31)32)20-11-12-21(36-27(33)17(5)9-2)22(14-20)37-28(34)18(6)10-3/h11-12,14,16-19,24-25H,8-10,13,15,29H2,1-7H3,(H,31,32)/t16?,17?,18?,19?,24?,25-/m0/s1. The van der Waals surface area contributed by atoms with Crippen LogP contribution in [0.4, 0.5) is 0 Å². The largest absolute Gasteiger partial charge is 0.480 e. The van der Waals surface area contributed by atoms with Crippen molar-refractivity contribution < 1.29 is 38.5 Å². The first-order chi connectivity index (χ1) is 17.4. The van der Waals surface area contributed by atoms with Gasteiger partial charge in [0.05, 0.1) is 18.4 Å². The van der Waals surface area contributed by atoms with Gasteiger partial charge in [0.1, 0.15) is 6.04 Å². The zero-order valence-corrected chi connectivity index (χ0v) is 23.1. The van der Waals surface area contributed by atoms with Crippen molar-refractivity contribution in [2.75, 3.05) is 6.61 Å². The van der Waals surface area contributed by atoms with Crippen molar-refractivity contribution in [1.82, 2.24) is 0 Å². The lowest BCUT2D eigenvalue weighted by Crippen LogP contribution is -2.40. The minimum absolute atomic E-state index is 0.00278. The summed E-state index contributed by atoms with van der Waals surface area (Å²) < 4.78 is 16.5. The summed E-state index contributed by atoms with van der Waals surface area (Å²) in [5.74, 6) is -4.36. The van der Waals surface area contributed by atoms with Gasteiger partial charge in [-0.1, -0.05) is 61.0 Å². The number of aliphatic carboxylic acids is 1. The van der Waals surface area contributed by atoms with E-state index in [0.29, 0.717) is 18.4 Å². The molecule has 1 aromatic rings. The SMILES string of the molecule is CCC(C)CC(=O)OCC(C)C(c1ccc(OC(=O)C(C)CC)c(OC(=O)C(C)CC)c1)[C@H](N)C(=O)O. The molecule has 3 N–H and O–H groups in total. The van der Waals surface area contributed by atoms with Crippen molar-refractivity contribution in [3.8, 4) is 11.5 Å². The van der Waals surface area contributed by atoms with E-state index in [1.54, 1.807) is 26.8 Å². The van der Waals surface area contributed by atoms with Crippen molar-refractivity contribution in [2.24, 2.45) is 29.4 Å². The molecule has 0 amide bonds. The van der Waals surface area contributed by atoms with Crippen LogP contribution in [0, 0.1) is 23.7 Å². The molecule has 0 spiro atoms. The topological polar surface area (TPSA) is 142 Å². The Hall–Kier alpha value is -2.94. The summed E-state index contributed by atoms with van der Waals surface area (Å²) in [4.78, 5) is 49.1. The molecule has 0 radical (unpaired) electrons. The first kappa shape index (κ1) is 32.1. The zero-order chi connectivity index (χ0) is 28.3. The van der Waals surface area contributed by atoms with Gasteiger partial charge >= 0.3 is 23.9 Å². The van der Waals surface area contributed by atoms with Crippen LogP contribution in [0.1, 0.15) is 85.6 Å². The van der Waals surface area contributed by atoms with E-state index in [1.165, 1.54) is 12.1 Å². The number of carbonyl (C=O) groups is 4. The predicted octanol–water partition coefficient (Wildman–Crippen LogP) is 4.70. The van der Waals surface area contributed by atoms with E-state index in [2.05, 4.69) is 0 Å². The Labute approximate surface area is 220 Å². The Balaban J connectivity index is 3.37. The van der Waals surface area contributed by atoms with Gasteiger partial charge in [-0.3, -0.25) is 19.2 Å². The van der Waals surface area contributed by atoms with E-state index in [1.807, 2.05) is 27.7 Å². The van der Waals surface area contributed by atoms with Gasteiger partial charge in [-0.05, 0) is 42.4 Å². The van der Waals surface area contributed by atoms with Gasteiger partial charge in [-0.25, -0.2) is 0 Å². The molecular weight excluding hydrogens is 478 g/mol. The van der Waals surface area contributed by atoms with E-state index < -0.39 is 41.7 Å². The quantitative estimate of drug-likeness (QED) is 0.248. The molecule has 1 rings (SSSR count). The summed E-state index contributed by atoms with van der Waals surface area (Å²) in [6, 6.07) is 3.21. The van der Waals surface area contributed by atoms with E-state index in [9.17, 15) is 24.3 Å². The molecule has 0 aliphatic heterocycles. The molecule has 0 heterocycles. The maximum Gasteiger partial charge on any atom is 0.321 e. The van der Waals surface area contributed by atoms with Gasteiger partial charge in [0.2, 0.25) is 0 Å². The molecule has 0 aliphatic rings. The maximum absolute atomic E-state index is 12.6. The number of nitrogens with two attached hydrogens (primary N) is 1. The number of esters is 3. The van der Waals surface area contributed by atoms with Crippen molar-refractivity contribution >= 4 is 23.9 Å². The van der Waals surface area contributed by atoms with E-state index in [-0.39, 0.29) is 42.3 Å². The van der Waals surface area contributed by atoms with Crippen molar-refractivity contribution in [3.63, 3.8) is 0 Å². The van der Waals surface area contributed by atoms with Gasteiger partial charge in [-0.15, -0.1) is 0 Å².